The van der Waals surface area contributed by atoms with Crippen molar-refractivity contribution in [2.24, 2.45) is 5.92 Å². The van der Waals surface area contributed by atoms with Gasteiger partial charge in [-0.2, -0.15) is 4.31 Å². The van der Waals surface area contributed by atoms with Crippen molar-refractivity contribution in [1.82, 2.24) is 9.62 Å². The lowest BCUT2D eigenvalue weighted by molar-refractivity contribution is -0.153. The molecule has 0 spiro atoms. The Kier molecular flexibility index (Phi) is 6.38. The molecule has 1 aliphatic heterocycles. The number of amides is 1. The molecule has 2 rings (SSSR count). The van der Waals surface area contributed by atoms with Crippen molar-refractivity contribution in [1.29, 1.82) is 0 Å². The van der Waals surface area contributed by atoms with E-state index in [1.807, 2.05) is 0 Å². The molecule has 1 fully saturated rings. The molecule has 0 aromatic heterocycles. The van der Waals surface area contributed by atoms with Crippen LogP contribution in [-0.4, -0.2) is 58.5 Å². The number of hydrogen-bond acceptors (Lipinski definition) is 6. The highest BCUT2D eigenvalue weighted by molar-refractivity contribution is 7.89. The molecular formula is C16H22N2O6S. The van der Waals surface area contributed by atoms with Crippen molar-refractivity contribution in [2.75, 3.05) is 33.9 Å². The maximum absolute atomic E-state index is 12.7. The van der Waals surface area contributed by atoms with E-state index in [-0.39, 0.29) is 18.0 Å². The Morgan fingerprint density at radius 3 is 2.56 bits per heavy atom. The maximum Gasteiger partial charge on any atom is 0.310 e. The quantitative estimate of drug-likeness (QED) is 0.727. The standard InChI is InChI=1S/C16H22N2O6S/c1-17-15(19)11-24-16(20)12-4-3-9-18(10-12)25(21,22)14-7-5-13(23-2)6-8-14/h5-8,12H,3-4,9-11H2,1-2H3,(H,17,19). The third-order valence-corrected chi connectivity index (χ3v) is 5.92. The van der Waals surface area contributed by atoms with Gasteiger partial charge in [-0.3, -0.25) is 9.59 Å². The molecule has 138 valence electrons. The highest BCUT2D eigenvalue weighted by atomic mass is 32.2. The Bertz CT molecular complexity index is 717. The zero-order valence-corrected chi connectivity index (χ0v) is 15.0. The third-order valence-electron chi connectivity index (χ3n) is 4.04. The summed E-state index contributed by atoms with van der Waals surface area (Å²) in [5.41, 5.74) is 0. The number of carbonyl (C=O) groups is 2. The molecular weight excluding hydrogens is 348 g/mol. The SMILES string of the molecule is CNC(=O)COC(=O)C1CCCN(S(=O)(=O)c2ccc(OC)cc2)C1. The second kappa shape index (κ2) is 8.30. The average molecular weight is 370 g/mol. The molecule has 0 bridgehead atoms. The number of piperidine rings is 1. The molecule has 1 unspecified atom stereocenters. The van der Waals surface area contributed by atoms with Gasteiger partial charge in [-0.1, -0.05) is 0 Å². The Labute approximate surface area is 147 Å². The number of rotatable bonds is 6. The highest BCUT2D eigenvalue weighted by Crippen LogP contribution is 2.25. The molecule has 1 aromatic carbocycles. The fraction of sp³-hybridized carbons (Fsp3) is 0.500. The van der Waals surface area contributed by atoms with Crippen LogP contribution in [0.1, 0.15) is 12.8 Å². The molecule has 0 aliphatic carbocycles. The molecule has 1 atom stereocenters. The molecule has 0 radical (unpaired) electrons. The first-order valence-corrected chi connectivity index (χ1v) is 9.34. The molecule has 1 heterocycles. The first kappa shape index (κ1) is 19.2. The van der Waals surface area contributed by atoms with Crippen LogP contribution >= 0.6 is 0 Å². The smallest absolute Gasteiger partial charge is 0.310 e. The summed E-state index contributed by atoms with van der Waals surface area (Å²) in [5, 5.41) is 2.35. The molecule has 1 aromatic rings. The second-order valence-electron chi connectivity index (χ2n) is 5.66. The Morgan fingerprint density at radius 1 is 1.28 bits per heavy atom. The zero-order valence-electron chi connectivity index (χ0n) is 14.2. The van der Waals surface area contributed by atoms with Gasteiger partial charge in [0.2, 0.25) is 10.0 Å². The number of hydrogen-bond donors (Lipinski definition) is 1. The summed E-state index contributed by atoms with van der Waals surface area (Å²) in [4.78, 5) is 23.4. The lowest BCUT2D eigenvalue weighted by Crippen LogP contribution is -2.43. The zero-order chi connectivity index (χ0) is 18.4. The minimum Gasteiger partial charge on any atom is -0.497 e. The van der Waals surface area contributed by atoms with Crippen LogP contribution in [0.25, 0.3) is 0 Å². The minimum atomic E-state index is -3.70. The van der Waals surface area contributed by atoms with Crippen molar-refractivity contribution >= 4 is 21.9 Å². The summed E-state index contributed by atoms with van der Waals surface area (Å²) in [6.45, 7) is 0.0194. The fourth-order valence-corrected chi connectivity index (χ4v) is 4.10. The average Bonchev–Trinajstić information content (AvgIpc) is 2.65. The highest BCUT2D eigenvalue weighted by Gasteiger charge is 2.34. The molecule has 9 heteroatoms. The first-order valence-electron chi connectivity index (χ1n) is 7.90. The van der Waals surface area contributed by atoms with Crippen molar-refractivity contribution in [2.45, 2.75) is 17.7 Å². The summed E-state index contributed by atoms with van der Waals surface area (Å²) in [5.74, 6) is -0.982. The predicted octanol–water partition coefficient (Wildman–Crippen LogP) is 0.385. The summed E-state index contributed by atoms with van der Waals surface area (Å²) < 4.78 is 36.7. The lowest BCUT2D eigenvalue weighted by atomic mass is 10.0. The first-order chi connectivity index (χ1) is 11.9. The number of nitrogens with zero attached hydrogens (tertiary/aromatic N) is 1. The molecule has 1 aliphatic rings. The van der Waals surface area contributed by atoms with Crippen LogP contribution in [0.4, 0.5) is 0 Å². The van der Waals surface area contributed by atoms with Crippen molar-refractivity contribution in [3.63, 3.8) is 0 Å². The van der Waals surface area contributed by atoms with E-state index in [2.05, 4.69) is 5.32 Å². The van der Waals surface area contributed by atoms with E-state index in [1.165, 1.54) is 30.6 Å². The number of ether oxygens (including phenoxy) is 2. The van der Waals surface area contributed by atoms with Crippen LogP contribution in [0.5, 0.6) is 5.75 Å². The van der Waals surface area contributed by atoms with Crippen LogP contribution in [0.2, 0.25) is 0 Å². The number of esters is 1. The molecule has 0 saturated carbocycles. The molecule has 25 heavy (non-hydrogen) atoms. The minimum absolute atomic E-state index is 0.0426. The second-order valence-corrected chi connectivity index (χ2v) is 7.60. The van der Waals surface area contributed by atoms with Gasteiger partial charge in [0.05, 0.1) is 17.9 Å². The van der Waals surface area contributed by atoms with Crippen molar-refractivity contribution < 1.29 is 27.5 Å². The maximum atomic E-state index is 12.7. The molecule has 1 amide bonds. The van der Waals surface area contributed by atoms with E-state index in [0.717, 1.165) is 0 Å². The van der Waals surface area contributed by atoms with E-state index >= 15 is 0 Å². The third kappa shape index (κ3) is 4.70. The number of methoxy groups -OCH3 is 1. The van der Waals surface area contributed by atoms with Gasteiger partial charge >= 0.3 is 5.97 Å². The largest absolute Gasteiger partial charge is 0.497 e. The van der Waals surface area contributed by atoms with Gasteiger partial charge in [0, 0.05) is 20.1 Å². The van der Waals surface area contributed by atoms with E-state index in [0.29, 0.717) is 25.1 Å². The lowest BCUT2D eigenvalue weighted by Gasteiger charge is -2.30. The Hall–Kier alpha value is -2.13. The van der Waals surface area contributed by atoms with Crippen molar-refractivity contribution in [3.05, 3.63) is 24.3 Å². The number of likely N-dealkylation sites (N-methyl/N-ethyl adjacent to an activating group) is 1. The van der Waals surface area contributed by atoms with E-state index < -0.39 is 27.8 Å². The van der Waals surface area contributed by atoms with E-state index in [1.54, 1.807) is 12.1 Å². The summed E-state index contributed by atoms with van der Waals surface area (Å²) >= 11 is 0. The van der Waals surface area contributed by atoms with Gasteiger partial charge in [0.1, 0.15) is 5.75 Å². The Balaban J connectivity index is 2.05. The van der Waals surface area contributed by atoms with Crippen LogP contribution in [0.15, 0.2) is 29.2 Å². The topological polar surface area (TPSA) is 102 Å². The van der Waals surface area contributed by atoms with Crippen LogP contribution < -0.4 is 10.1 Å². The summed E-state index contributed by atoms with van der Waals surface area (Å²) in [6.07, 6.45) is 1.08. The van der Waals surface area contributed by atoms with Crippen LogP contribution in [-0.2, 0) is 24.3 Å². The van der Waals surface area contributed by atoms with Gasteiger partial charge < -0.3 is 14.8 Å². The van der Waals surface area contributed by atoms with Gasteiger partial charge in [0.15, 0.2) is 6.61 Å². The molecule has 1 N–H and O–H groups in total. The molecule has 1 saturated heterocycles. The predicted molar refractivity (Wildman–Crippen MR) is 89.5 cm³/mol. The van der Waals surface area contributed by atoms with Gasteiger partial charge in [0.25, 0.3) is 5.91 Å². The van der Waals surface area contributed by atoms with Crippen molar-refractivity contribution in [3.8, 4) is 5.75 Å². The number of carbonyl (C=O) groups excluding carboxylic acids is 2. The van der Waals surface area contributed by atoms with Gasteiger partial charge in [-0.15, -0.1) is 0 Å². The van der Waals surface area contributed by atoms with Gasteiger partial charge in [-0.05, 0) is 37.1 Å². The van der Waals surface area contributed by atoms with E-state index in [4.69, 9.17) is 9.47 Å². The van der Waals surface area contributed by atoms with Gasteiger partial charge in [-0.25, -0.2) is 8.42 Å². The molecule has 8 nitrogen and oxygen atoms in total. The number of benzene rings is 1. The monoisotopic (exact) mass is 370 g/mol. The Morgan fingerprint density at radius 2 is 1.96 bits per heavy atom. The summed E-state index contributed by atoms with van der Waals surface area (Å²) in [6, 6.07) is 6.10. The number of nitrogens with one attached hydrogen (secondary N) is 1. The summed E-state index contributed by atoms with van der Waals surface area (Å²) in [7, 11) is -0.751. The van der Waals surface area contributed by atoms with Crippen LogP contribution in [0.3, 0.4) is 0 Å². The van der Waals surface area contributed by atoms with Crippen LogP contribution in [0, 0.1) is 5.92 Å². The fourth-order valence-electron chi connectivity index (χ4n) is 2.58. The van der Waals surface area contributed by atoms with E-state index in [9.17, 15) is 18.0 Å². The number of sulfonamides is 1. The normalized spacial score (nSPS) is 18.4.